The zero-order valence-corrected chi connectivity index (χ0v) is 9.24. The molecule has 0 aliphatic rings. The Balaban J connectivity index is 1.94. The van der Waals surface area contributed by atoms with Gasteiger partial charge in [-0.15, -0.1) is 0 Å². The van der Waals surface area contributed by atoms with Gasteiger partial charge in [0, 0.05) is 38.1 Å². The zero-order valence-electron chi connectivity index (χ0n) is 9.24. The van der Waals surface area contributed by atoms with Crippen LogP contribution in [0.25, 0.3) is 0 Å². The molecule has 0 bridgehead atoms. The maximum Gasteiger partial charge on any atom is 0.108 e. The van der Waals surface area contributed by atoms with E-state index in [-0.39, 0.29) is 6.04 Å². The van der Waals surface area contributed by atoms with Crippen molar-refractivity contribution in [2.45, 2.75) is 18.9 Å². The van der Waals surface area contributed by atoms with Gasteiger partial charge in [0.1, 0.15) is 5.82 Å². The third-order valence-electron chi connectivity index (χ3n) is 2.64. The van der Waals surface area contributed by atoms with Crippen LogP contribution in [0.2, 0.25) is 0 Å². The first kappa shape index (κ1) is 10.8. The molecule has 84 valence electrons. The van der Waals surface area contributed by atoms with Crippen molar-refractivity contribution in [3.8, 4) is 0 Å². The minimum Gasteiger partial charge on any atom is -0.338 e. The van der Waals surface area contributed by atoms with Gasteiger partial charge >= 0.3 is 0 Å². The molecule has 5 heteroatoms. The van der Waals surface area contributed by atoms with E-state index in [9.17, 15) is 0 Å². The Bertz CT molecular complexity index is 437. The third-order valence-corrected chi connectivity index (χ3v) is 2.64. The predicted octanol–water partition coefficient (Wildman–Crippen LogP) is 0.843. The average Bonchev–Trinajstić information content (AvgIpc) is 2.73. The van der Waals surface area contributed by atoms with Crippen LogP contribution in [-0.2, 0) is 13.5 Å². The molecule has 1 unspecified atom stereocenters. The molecule has 2 N–H and O–H groups in total. The molecular weight excluding hydrogens is 202 g/mol. The van der Waals surface area contributed by atoms with Crippen LogP contribution >= 0.6 is 0 Å². The molecule has 2 aromatic heterocycles. The molecule has 0 aliphatic carbocycles. The van der Waals surface area contributed by atoms with E-state index in [1.54, 1.807) is 18.6 Å². The fourth-order valence-electron chi connectivity index (χ4n) is 1.61. The highest BCUT2D eigenvalue weighted by atomic mass is 15.1. The first-order chi connectivity index (χ1) is 7.77. The van der Waals surface area contributed by atoms with Gasteiger partial charge in [-0.25, -0.2) is 4.98 Å². The van der Waals surface area contributed by atoms with Gasteiger partial charge in [0.15, 0.2) is 0 Å². The number of hydrogen-bond acceptors (Lipinski definition) is 4. The molecule has 2 heterocycles. The maximum absolute atomic E-state index is 6.06. The number of imidazole rings is 1. The van der Waals surface area contributed by atoms with Crippen molar-refractivity contribution in [1.82, 2.24) is 19.7 Å². The second-order valence-corrected chi connectivity index (χ2v) is 3.78. The largest absolute Gasteiger partial charge is 0.338 e. The van der Waals surface area contributed by atoms with Crippen LogP contribution in [0, 0.1) is 0 Å². The molecule has 16 heavy (non-hydrogen) atoms. The lowest BCUT2D eigenvalue weighted by Gasteiger charge is -2.10. The summed E-state index contributed by atoms with van der Waals surface area (Å²) in [5.41, 5.74) is 7.07. The van der Waals surface area contributed by atoms with Crippen molar-refractivity contribution in [2.75, 3.05) is 0 Å². The van der Waals surface area contributed by atoms with E-state index in [1.165, 1.54) is 0 Å². The highest BCUT2D eigenvalue weighted by Gasteiger charge is 2.08. The summed E-state index contributed by atoms with van der Waals surface area (Å²) < 4.78 is 2.01. The van der Waals surface area contributed by atoms with Crippen LogP contribution in [0.4, 0.5) is 0 Å². The van der Waals surface area contributed by atoms with Gasteiger partial charge in [-0.05, 0) is 18.1 Å². The number of hydrogen-bond donors (Lipinski definition) is 1. The Morgan fingerprint density at radius 2 is 2.25 bits per heavy atom. The number of aromatic nitrogens is 4. The summed E-state index contributed by atoms with van der Waals surface area (Å²) in [4.78, 5) is 4.26. The lowest BCUT2D eigenvalue weighted by molar-refractivity contribution is 0.617. The standard InChI is InChI=1S/C11H15N5/c1-16-7-6-13-11(16)3-2-10(12)9-4-5-14-15-8-9/h4-8,10H,2-3,12H2,1H3. The smallest absolute Gasteiger partial charge is 0.108 e. The van der Waals surface area contributed by atoms with Crippen molar-refractivity contribution in [3.05, 3.63) is 42.2 Å². The van der Waals surface area contributed by atoms with Gasteiger partial charge in [-0.3, -0.25) is 0 Å². The van der Waals surface area contributed by atoms with E-state index in [0.717, 1.165) is 24.2 Å². The highest BCUT2D eigenvalue weighted by Crippen LogP contribution is 2.14. The highest BCUT2D eigenvalue weighted by molar-refractivity contribution is 5.11. The predicted molar refractivity (Wildman–Crippen MR) is 60.5 cm³/mol. The van der Waals surface area contributed by atoms with Gasteiger partial charge in [0.25, 0.3) is 0 Å². The molecule has 1 atom stereocenters. The quantitative estimate of drug-likeness (QED) is 0.824. The van der Waals surface area contributed by atoms with Gasteiger partial charge in [-0.1, -0.05) is 0 Å². The maximum atomic E-state index is 6.06. The number of rotatable bonds is 4. The van der Waals surface area contributed by atoms with Crippen LogP contribution < -0.4 is 5.73 Å². The summed E-state index contributed by atoms with van der Waals surface area (Å²) in [7, 11) is 1.99. The zero-order chi connectivity index (χ0) is 11.4. The minimum absolute atomic E-state index is 0.00722. The molecule has 2 aromatic rings. The topological polar surface area (TPSA) is 69.6 Å². The molecule has 0 spiro atoms. The summed E-state index contributed by atoms with van der Waals surface area (Å²) in [6, 6.07) is 1.89. The van der Waals surface area contributed by atoms with E-state index in [4.69, 9.17) is 5.73 Å². The van der Waals surface area contributed by atoms with Crippen molar-refractivity contribution in [2.24, 2.45) is 12.8 Å². The van der Waals surface area contributed by atoms with E-state index in [1.807, 2.05) is 23.9 Å². The van der Waals surface area contributed by atoms with E-state index < -0.39 is 0 Å². The average molecular weight is 217 g/mol. The SMILES string of the molecule is Cn1ccnc1CCC(N)c1ccnnc1. The first-order valence-electron chi connectivity index (χ1n) is 5.26. The van der Waals surface area contributed by atoms with E-state index >= 15 is 0 Å². The van der Waals surface area contributed by atoms with Gasteiger partial charge in [0.05, 0.1) is 6.20 Å². The Labute approximate surface area is 94.3 Å². The molecule has 5 nitrogen and oxygen atoms in total. The van der Waals surface area contributed by atoms with Crippen molar-refractivity contribution >= 4 is 0 Å². The Morgan fingerprint density at radius 1 is 1.38 bits per heavy atom. The molecule has 0 aromatic carbocycles. The second-order valence-electron chi connectivity index (χ2n) is 3.78. The second kappa shape index (κ2) is 4.85. The van der Waals surface area contributed by atoms with Gasteiger partial charge in [0.2, 0.25) is 0 Å². The Morgan fingerprint density at radius 3 is 2.88 bits per heavy atom. The molecular formula is C11H15N5. The lowest BCUT2D eigenvalue weighted by Crippen LogP contribution is -2.13. The Hall–Kier alpha value is -1.75. The van der Waals surface area contributed by atoms with E-state index in [2.05, 4.69) is 15.2 Å². The van der Waals surface area contributed by atoms with Crippen LogP contribution in [0.3, 0.4) is 0 Å². The number of nitrogens with zero attached hydrogens (tertiary/aromatic N) is 4. The molecule has 0 saturated heterocycles. The Kier molecular flexibility index (Phi) is 3.26. The first-order valence-corrected chi connectivity index (χ1v) is 5.26. The molecule has 0 fully saturated rings. The summed E-state index contributed by atoms with van der Waals surface area (Å²) >= 11 is 0. The molecule has 2 rings (SSSR count). The van der Waals surface area contributed by atoms with Crippen LogP contribution in [-0.4, -0.2) is 19.7 Å². The minimum atomic E-state index is -0.00722. The summed E-state index contributed by atoms with van der Waals surface area (Å²) in [5.74, 6) is 1.05. The molecule has 0 aliphatic heterocycles. The van der Waals surface area contributed by atoms with Crippen molar-refractivity contribution < 1.29 is 0 Å². The lowest BCUT2D eigenvalue weighted by atomic mass is 10.1. The monoisotopic (exact) mass is 217 g/mol. The fourth-order valence-corrected chi connectivity index (χ4v) is 1.61. The summed E-state index contributed by atoms with van der Waals surface area (Å²) in [6.07, 6.45) is 8.84. The fraction of sp³-hybridized carbons (Fsp3) is 0.364. The molecule has 0 amide bonds. The molecule has 0 radical (unpaired) electrons. The van der Waals surface area contributed by atoms with Crippen LogP contribution in [0.1, 0.15) is 23.9 Å². The summed E-state index contributed by atoms with van der Waals surface area (Å²) in [5, 5.41) is 7.55. The normalized spacial score (nSPS) is 12.6. The van der Waals surface area contributed by atoms with Gasteiger partial charge < -0.3 is 10.3 Å². The third kappa shape index (κ3) is 2.43. The van der Waals surface area contributed by atoms with Crippen molar-refractivity contribution in [1.29, 1.82) is 0 Å². The van der Waals surface area contributed by atoms with Gasteiger partial charge in [-0.2, -0.15) is 10.2 Å². The van der Waals surface area contributed by atoms with Crippen LogP contribution in [0.15, 0.2) is 30.9 Å². The number of aryl methyl sites for hydroxylation is 2. The van der Waals surface area contributed by atoms with E-state index in [0.29, 0.717) is 0 Å². The van der Waals surface area contributed by atoms with Crippen molar-refractivity contribution in [3.63, 3.8) is 0 Å². The summed E-state index contributed by atoms with van der Waals surface area (Å²) in [6.45, 7) is 0. The molecule has 0 saturated carbocycles. The number of nitrogens with two attached hydrogens (primary N) is 1. The van der Waals surface area contributed by atoms with Crippen LogP contribution in [0.5, 0.6) is 0 Å².